The molecule has 1 aliphatic heterocycles. The van der Waals surface area contributed by atoms with Crippen LogP contribution >= 0.6 is 0 Å². The molecule has 7 nitrogen and oxygen atoms in total. The van der Waals surface area contributed by atoms with Crippen LogP contribution in [0.1, 0.15) is 16.7 Å². The molecule has 0 unspecified atom stereocenters. The van der Waals surface area contributed by atoms with E-state index in [-0.39, 0.29) is 29.9 Å². The molecule has 1 aromatic heterocycles. The first kappa shape index (κ1) is 20.8. The normalized spacial score (nSPS) is 13.2. The zero-order valence-corrected chi connectivity index (χ0v) is 17.0. The monoisotopic (exact) mass is 427 g/mol. The van der Waals surface area contributed by atoms with E-state index in [2.05, 4.69) is 18.0 Å². The summed E-state index contributed by atoms with van der Waals surface area (Å²) in [5.74, 6) is -0.568. The van der Waals surface area contributed by atoms with E-state index in [1.54, 1.807) is 35.2 Å². The van der Waals surface area contributed by atoms with Crippen LogP contribution in [0, 0.1) is 28.5 Å². The molecule has 1 saturated heterocycles. The maximum absolute atomic E-state index is 13.3. The number of fused-ring (bicyclic) bond motifs is 1. The average molecular weight is 427 g/mol. The Labute approximate surface area is 183 Å². The molecule has 0 spiro atoms. The maximum atomic E-state index is 13.3. The summed E-state index contributed by atoms with van der Waals surface area (Å²) in [7, 11) is 0. The first-order chi connectivity index (χ1) is 15.4. The lowest BCUT2D eigenvalue weighted by molar-refractivity contribution is -0.129. The summed E-state index contributed by atoms with van der Waals surface area (Å²) >= 11 is 0. The lowest BCUT2D eigenvalue weighted by atomic mass is 10.0. The van der Waals surface area contributed by atoms with E-state index in [4.69, 9.17) is 0 Å². The molecule has 8 heteroatoms. The second-order valence-electron chi connectivity index (χ2n) is 7.51. The molecule has 0 radical (unpaired) electrons. The number of nitriles is 2. The minimum absolute atomic E-state index is 0.0804. The van der Waals surface area contributed by atoms with Crippen LogP contribution in [0.4, 0.5) is 10.1 Å². The summed E-state index contributed by atoms with van der Waals surface area (Å²) in [6.45, 7) is 4.43. The van der Waals surface area contributed by atoms with Crippen LogP contribution < -0.4 is 10.9 Å². The highest BCUT2D eigenvalue weighted by Crippen LogP contribution is 2.29. The van der Waals surface area contributed by atoms with Crippen molar-refractivity contribution in [1.82, 2.24) is 9.47 Å². The number of hydrogen-bond donors (Lipinski definition) is 1. The maximum Gasteiger partial charge on any atom is 0.271 e. The van der Waals surface area contributed by atoms with Gasteiger partial charge in [0.25, 0.3) is 5.56 Å². The summed E-state index contributed by atoms with van der Waals surface area (Å²) in [6, 6.07) is 14.6. The lowest BCUT2D eigenvalue weighted by Gasteiger charge is -2.39. The van der Waals surface area contributed by atoms with Crippen molar-refractivity contribution in [1.29, 1.82) is 10.5 Å². The van der Waals surface area contributed by atoms with Crippen LogP contribution in [0.15, 0.2) is 59.9 Å². The fourth-order valence-corrected chi connectivity index (χ4v) is 3.79. The van der Waals surface area contributed by atoms with Crippen molar-refractivity contribution in [2.24, 2.45) is 0 Å². The number of carbonyl (C=O) groups is 1. The predicted octanol–water partition coefficient (Wildman–Crippen LogP) is 2.74. The molecule has 0 bridgehead atoms. The van der Waals surface area contributed by atoms with E-state index < -0.39 is 5.56 Å². The van der Waals surface area contributed by atoms with E-state index in [1.165, 1.54) is 22.8 Å². The number of nitrogens with one attached hydrogen (secondary N) is 1. The molecule has 1 N–H and O–H groups in total. The number of pyridine rings is 1. The molecule has 0 atom stereocenters. The zero-order valence-electron chi connectivity index (χ0n) is 17.0. The van der Waals surface area contributed by atoms with Gasteiger partial charge in [-0.3, -0.25) is 9.59 Å². The summed E-state index contributed by atoms with van der Waals surface area (Å²) in [5, 5.41) is 22.9. The number of aromatic nitrogens is 1. The molecule has 32 heavy (non-hydrogen) atoms. The largest absolute Gasteiger partial charge is 0.377 e. The highest BCUT2D eigenvalue weighted by atomic mass is 19.1. The van der Waals surface area contributed by atoms with Gasteiger partial charge in [-0.1, -0.05) is 18.7 Å². The summed E-state index contributed by atoms with van der Waals surface area (Å²) in [5.41, 5.74) is 1.39. The molecule has 1 amide bonds. The van der Waals surface area contributed by atoms with Crippen LogP contribution in [-0.4, -0.2) is 34.5 Å². The van der Waals surface area contributed by atoms with Gasteiger partial charge in [0.1, 0.15) is 17.4 Å². The predicted molar refractivity (Wildman–Crippen MR) is 117 cm³/mol. The quantitative estimate of drug-likeness (QED) is 0.631. The highest BCUT2D eigenvalue weighted by Gasteiger charge is 2.31. The molecule has 0 aliphatic carbocycles. The third-order valence-electron chi connectivity index (χ3n) is 5.48. The number of nitrogens with zero attached hydrogens (tertiary/aromatic N) is 4. The van der Waals surface area contributed by atoms with Gasteiger partial charge in [-0.05, 0) is 42.0 Å². The molecule has 2 heterocycles. The molecule has 1 aliphatic rings. The van der Waals surface area contributed by atoms with Gasteiger partial charge in [0.15, 0.2) is 0 Å². The molecular weight excluding hydrogens is 409 g/mol. The minimum atomic E-state index is -0.491. The van der Waals surface area contributed by atoms with E-state index in [1.807, 2.05) is 6.07 Å². The van der Waals surface area contributed by atoms with Crippen molar-refractivity contribution in [3.63, 3.8) is 0 Å². The molecule has 3 aromatic rings. The van der Waals surface area contributed by atoms with Crippen molar-refractivity contribution in [3.05, 3.63) is 88.0 Å². The van der Waals surface area contributed by atoms with Crippen LogP contribution in [0.2, 0.25) is 0 Å². The van der Waals surface area contributed by atoms with Crippen LogP contribution in [0.3, 0.4) is 0 Å². The first-order valence-corrected chi connectivity index (χ1v) is 9.88. The van der Waals surface area contributed by atoms with Gasteiger partial charge < -0.3 is 14.8 Å². The highest BCUT2D eigenvalue weighted by molar-refractivity contribution is 5.95. The van der Waals surface area contributed by atoms with Crippen molar-refractivity contribution in [2.75, 3.05) is 18.4 Å². The Hall–Kier alpha value is -4.43. The second-order valence-corrected chi connectivity index (χ2v) is 7.51. The number of rotatable bonds is 5. The number of hydrogen-bond acceptors (Lipinski definition) is 5. The number of amides is 1. The van der Waals surface area contributed by atoms with Crippen molar-refractivity contribution < 1.29 is 9.18 Å². The van der Waals surface area contributed by atoms with E-state index in [9.17, 15) is 24.5 Å². The second kappa shape index (κ2) is 8.37. The Balaban J connectivity index is 1.81. The van der Waals surface area contributed by atoms with E-state index in [0.29, 0.717) is 40.8 Å². The fraction of sp³-hybridized carbons (Fsp3) is 0.167. The fourth-order valence-electron chi connectivity index (χ4n) is 3.79. The molecule has 2 aromatic carbocycles. The number of carbonyl (C=O) groups excluding carboxylic acids is 1. The van der Waals surface area contributed by atoms with Gasteiger partial charge in [0.2, 0.25) is 5.91 Å². The summed E-state index contributed by atoms with van der Waals surface area (Å²) < 4.78 is 14.7. The smallest absolute Gasteiger partial charge is 0.271 e. The SMILES string of the molecule is C=CC(=O)N1CC(Nc2c(C#N)c(=O)n(Cc3ccc(F)cc3)c3ccc(C#N)cc23)C1. The van der Waals surface area contributed by atoms with Crippen LogP contribution in [0.5, 0.6) is 0 Å². The molecular formula is C24H18FN5O2. The average Bonchev–Trinajstić information content (AvgIpc) is 2.78. The third-order valence-corrected chi connectivity index (χ3v) is 5.48. The Morgan fingerprint density at radius 1 is 1.19 bits per heavy atom. The number of halogens is 1. The van der Waals surface area contributed by atoms with Gasteiger partial charge in [-0.15, -0.1) is 0 Å². The third kappa shape index (κ3) is 3.70. The minimum Gasteiger partial charge on any atom is -0.377 e. The van der Waals surface area contributed by atoms with Gasteiger partial charge in [-0.25, -0.2) is 4.39 Å². The van der Waals surface area contributed by atoms with E-state index in [0.717, 1.165) is 0 Å². The van der Waals surface area contributed by atoms with Crippen molar-refractivity contribution in [3.8, 4) is 12.1 Å². The standard InChI is InChI=1S/C24H18FN5O2/c1-2-22(31)29-13-18(14-29)28-23-19-9-16(10-26)5-8-21(19)30(24(32)20(23)11-27)12-15-3-6-17(25)7-4-15/h2-9,18,28H,1,12-14H2. The van der Waals surface area contributed by atoms with Crippen LogP contribution in [-0.2, 0) is 11.3 Å². The summed E-state index contributed by atoms with van der Waals surface area (Å²) in [4.78, 5) is 26.6. The van der Waals surface area contributed by atoms with Gasteiger partial charge in [0.05, 0.1) is 35.4 Å². The molecule has 1 fully saturated rings. The van der Waals surface area contributed by atoms with E-state index >= 15 is 0 Å². The van der Waals surface area contributed by atoms with Gasteiger partial charge in [0, 0.05) is 18.5 Å². The van der Waals surface area contributed by atoms with Gasteiger partial charge >= 0.3 is 0 Å². The number of benzene rings is 2. The first-order valence-electron chi connectivity index (χ1n) is 9.88. The Morgan fingerprint density at radius 2 is 1.91 bits per heavy atom. The van der Waals surface area contributed by atoms with Gasteiger partial charge in [-0.2, -0.15) is 10.5 Å². The topological polar surface area (TPSA) is 102 Å². The van der Waals surface area contributed by atoms with Crippen LogP contribution in [0.25, 0.3) is 10.9 Å². The van der Waals surface area contributed by atoms with Crippen molar-refractivity contribution in [2.45, 2.75) is 12.6 Å². The molecule has 4 rings (SSSR count). The lowest BCUT2D eigenvalue weighted by Crippen LogP contribution is -2.56. The zero-order chi connectivity index (χ0) is 22.8. The molecule has 158 valence electrons. The Kier molecular flexibility index (Phi) is 5.44. The Bertz CT molecular complexity index is 1370. The summed E-state index contributed by atoms with van der Waals surface area (Å²) in [6.07, 6.45) is 1.24. The number of likely N-dealkylation sites (tertiary alicyclic amines) is 1. The Morgan fingerprint density at radius 3 is 2.53 bits per heavy atom. The van der Waals surface area contributed by atoms with Crippen molar-refractivity contribution >= 4 is 22.5 Å². The molecule has 0 saturated carbocycles. The number of anilines is 1.